The summed E-state index contributed by atoms with van der Waals surface area (Å²) in [5, 5.41) is 0. The minimum absolute atomic E-state index is 0.320. The third kappa shape index (κ3) is 2.89. The standard InChI is InChI=1S/C19H22FNO/c1-3-12-19(4-2,18(21)22)15-10-11-16(17(20)13-15)14-8-6-5-7-9-14/h5-11,13H,3-4,12H2,1-2H3,(H2,21,22). The fourth-order valence-corrected chi connectivity index (χ4v) is 3.06. The molecule has 0 saturated carbocycles. The first-order chi connectivity index (χ1) is 10.5. The van der Waals surface area contributed by atoms with E-state index in [2.05, 4.69) is 0 Å². The van der Waals surface area contributed by atoms with Gasteiger partial charge in [0.05, 0.1) is 5.41 Å². The van der Waals surface area contributed by atoms with Crippen molar-refractivity contribution in [2.45, 2.75) is 38.5 Å². The number of nitrogens with two attached hydrogens (primary N) is 1. The van der Waals surface area contributed by atoms with Gasteiger partial charge in [0.2, 0.25) is 5.91 Å². The van der Waals surface area contributed by atoms with Gasteiger partial charge in [-0.05, 0) is 30.0 Å². The highest BCUT2D eigenvalue weighted by atomic mass is 19.1. The number of hydrogen-bond donors (Lipinski definition) is 1. The maximum absolute atomic E-state index is 14.6. The van der Waals surface area contributed by atoms with Crippen LogP contribution in [0.25, 0.3) is 11.1 Å². The second-order valence-electron chi connectivity index (χ2n) is 5.61. The van der Waals surface area contributed by atoms with E-state index in [0.29, 0.717) is 24.0 Å². The third-order valence-electron chi connectivity index (χ3n) is 4.36. The number of carbonyl (C=O) groups is 1. The van der Waals surface area contributed by atoms with Crippen molar-refractivity contribution >= 4 is 5.91 Å². The van der Waals surface area contributed by atoms with E-state index < -0.39 is 5.41 Å². The Hall–Kier alpha value is -2.16. The summed E-state index contributed by atoms with van der Waals surface area (Å²) in [6.07, 6.45) is 2.02. The Kier molecular flexibility index (Phi) is 4.96. The number of hydrogen-bond acceptors (Lipinski definition) is 1. The molecule has 1 unspecified atom stereocenters. The summed E-state index contributed by atoms with van der Waals surface area (Å²) in [4.78, 5) is 12.0. The largest absolute Gasteiger partial charge is 0.369 e. The van der Waals surface area contributed by atoms with E-state index in [-0.39, 0.29) is 11.7 Å². The Morgan fingerprint density at radius 2 is 1.82 bits per heavy atom. The molecule has 0 aliphatic heterocycles. The molecule has 0 radical (unpaired) electrons. The van der Waals surface area contributed by atoms with Crippen molar-refractivity contribution in [1.82, 2.24) is 0 Å². The smallest absolute Gasteiger partial charge is 0.228 e. The highest BCUT2D eigenvalue weighted by molar-refractivity contribution is 5.87. The molecule has 0 aliphatic carbocycles. The normalized spacial score (nSPS) is 13.6. The van der Waals surface area contributed by atoms with E-state index in [9.17, 15) is 9.18 Å². The van der Waals surface area contributed by atoms with Crippen molar-refractivity contribution < 1.29 is 9.18 Å². The topological polar surface area (TPSA) is 43.1 Å². The fourth-order valence-electron chi connectivity index (χ4n) is 3.06. The van der Waals surface area contributed by atoms with Gasteiger partial charge in [0.15, 0.2) is 0 Å². The van der Waals surface area contributed by atoms with Gasteiger partial charge < -0.3 is 5.73 Å². The van der Waals surface area contributed by atoms with E-state index in [1.165, 1.54) is 6.07 Å². The number of carbonyl (C=O) groups excluding carboxylic acids is 1. The Labute approximate surface area is 131 Å². The Morgan fingerprint density at radius 1 is 1.14 bits per heavy atom. The van der Waals surface area contributed by atoms with Crippen LogP contribution in [0.3, 0.4) is 0 Å². The quantitative estimate of drug-likeness (QED) is 0.842. The van der Waals surface area contributed by atoms with Crippen LogP contribution in [0, 0.1) is 5.82 Å². The van der Waals surface area contributed by atoms with Gasteiger partial charge in [0, 0.05) is 5.56 Å². The molecule has 116 valence electrons. The van der Waals surface area contributed by atoms with Gasteiger partial charge in [-0.2, -0.15) is 0 Å². The Balaban J connectivity index is 2.50. The van der Waals surface area contributed by atoms with Gasteiger partial charge in [-0.3, -0.25) is 4.79 Å². The average molecular weight is 299 g/mol. The van der Waals surface area contributed by atoms with Crippen LogP contribution in [-0.4, -0.2) is 5.91 Å². The van der Waals surface area contributed by atoms with Crippen LogP contribution in [-0.2, 0) is 10.2 Å². The van der Waals surface area contributed by atoms with Crippen LogP contribution < -0.4 is 5.73 Å². The lowest BCUT2D eigenvalue weighted by Crippen LogP contribution is -2.40. The maximum atomic E-state index is 14.6. The van der Waals surface area contributed by atoms with E-state index in [1.807, 2.05) is 50.2 Å². The maximum Gasteiger partial charge on any atom is 0.228 e. The predicted octanol–water partition coefficient (Wildman–Crippen LogP) is 4.43. The highest BCUT2D eigenvalue weighted by Crippen LogP contribution is 2.35. The van der Waals surface area contributed by atoms with Crippen molar-refractivity contribution in [2.24, 2.45) is 5.73 Å². The molecule has 2 rings (SSSR count). The molecule has 0 fully saturated rings. The molecule has 0 aliphatic rings. The average Bonchev–Trinajstić information content (AvgIpc) is 2.53. The van der Waals surface area contributed by atoms with Crippen LogP contribution in [0.2, 0.25) is 0 Å². The minimum Gasteiger partial charge on any atom is -0.369 e. The number of primary amides is 1. The van der Waals surface area contributed by atoms with Crippen LogP contribution in [0.15, 0.2) is 48.5 Å². The minimum atomic E-state index is -0.787. The summed E-state index contributed by atoms with van der Waals surface area (Å²) in [7, 11) is 0. The first kappa shape index (κ1) is 16.2. The molecule has 2 nitrogen and oxygen atoms in total. The first-order valence-electron chi connectivity index (χ1n) is 7.70. The Bertz CT molecular complexity index is 654. The zero-order valence-electron chi connectivity index (χ0n) is 13.1. The van der Waals surface area contributed by atoms with Crippen LogP contribution >= 0.6 is 0 Å². The van der Waals surface area contributed by atoms with Gasteiger partial charge in [-0.15, -0.1) is 0 Å². The first-order valence-corrected chi connectivity index (χ1v) is 7.70. The molecular formula is C19H22FNO. The number of benzene rings is 2. The lowest BCUT2D eigenvalue weighted by molar-refractivity contribution is -0.124. The van der Waals surface area contributed by atoms with Crippen molar-refractivity contribution in [2.75, 3.05) is 0 Å². The van der Waals surface area contributed by atoms with E-state index >= 15 is 0 Å². The van der Waals surface area contributed by atoms with Crippen LogP contribution in [0.5, 0.6) is 0 Å². The fraction of sp³-hybridized carbons (Fsp3) is 0.316. The molecule has 1 atom stereocenters. The SMILES string of the molecule is CCCC(CC)(C(N)=O)c1ccc(-c2ccccc2)c(F)c1. The summed E-state index contributed by atoms with van der Waals surface area (Å²) in [5.41, 5.74) is 6.88. The van der Waals surface area contributed by atoms with Gasteiger partial charge in [-0.25, -0.2) is 4.39 Å². The van der Waals surface area contributed by atoms with Gasteiger partial charge in [0.25, 0.3) is 0 Å². The van der Waals surface area contributed by atoms with Crippen LogP contribution in [0.1, 0.15) is 38.7 Å². The Morgan fingerprint density at radius 3 is 2.32 bits per heavy atom. The highest BCUT2D eigenvalue weighted by Gasteiger charge is 2.36. The summed E-state index contributed by atoms with van der Waals surface area (Å²) in [6, 6.07) is 14.4. The molecule has 0 aromatic heterocycles. The molecule has 22 heavy (non-hydrogen) atoms. The molecule has 2 aromatic carbocycles. The van der Waals surface area contributed by atoms with Crippen molar-refractivity contribution in [3.05, 3.63) is 59.9 Å². The molecule has 0 bridgehead atoms. The molecule has 2 aromatic rings. The molecule has 0 spiro atoms. The van der Waals surface area contributed by atoms with Crippen molar-refractivity contribution in [3.63, 3.8) is 0 Å². The van der Waals surface area contributed by atoms with E-state index in [4.69, 9.17) is 5.73 Å². The summed E-state index contributed by atoms with van der Waals surface area (Å²) in [5.74, 6) is -0.706. The number of halogens is 1. The lowest BCUT2D eigenvalue weighted by Gasteiger charge is -2.30. The van der Waals surface area contributed by atoms with Crippen molar-refractivity contribution in [1.29, 1.82) is 0 Å². The second kappa shape index (κ2) is 6.73. The zero-order valence-corrected chi connectivity index (χ0v) is 13.1. The lowest BCUT2D eigenvalue weighted by atomic mass is 9.73. The van der Waals surface area contributed by atoms with E-state index in [0.717, 1.165) is 12.0 Å². The molecule has 3 heteroatoms. The number of amides is 1. The van der Waals surface area contributed by atoms with Gasteiger partial charge >= 0.3 is 0 Å². The van der Waals surface area contributed by atoms with Gasteiger partial charge in [0.1, 0.15) is 5.82 Å². The van der Waals surface area contributed by atoms with E-state index in [1.54, 1.807) is 6.07 Å². The predicted molar refractivity (Wildman–Crippen MR) is 87.9 cm³/mol. The molecule has 1 amide bonds. The molecular weight excluding hydrogens is 277 g/mol. The molecule has 2 N–H and O–H groups in total. The summed E-state index contributed by atoms with van der Waals surface area (Å²) >= 11 is 0. The second-order valence-corrected chi connectivity index (χ2v) is 5.61. The van der Waals surface area contributed by atoms with Crippen molar-refractivity contribution in [3.8, 4) is 11.1 Å². The summed E-state index contributed by atoms with van der Waals surface area (Å²) in [6.45, 7) is 3.92. The van der Waals surface area contributed by atoms with Crippen LogP contribution in [0.4, 0.5) is 4.39 Å². The monoisotopic (exact) mass is 299 g/mol. The zero-order chi connectivity index (χ0) is 16.2. The summed E-state index contributed by atoms with van der Waals surface area (Å²) < 4.78 is 14.6. The number of rotatable bonds is 6. The molecule has 0 heterocycles. The van der Waals surface area contributed by atoms with Gasteiger partial charge in [-0.1, -0.05) is 62.7 Å². The third-order valence-corrected chi connectivity index (χ3v) is 4.36. The molecule has 0 saturated heterocycles.